The molecule has 2 saturated heterocycles. The summed E-state index contributed by atoms with van der Waals surface area (Å²) in [6, 6.07) is 13.1. The van der Waals surface area contributed by atoms with Crippen molar-refractivity contribution in [2.75, 3.05) is 38.3 Å². The first-order chi connectivity index (χ1) is 18.7. The van der Waals surface area contributed by atoms with Crippen LogP contribution in [0.3, 0.4) is 0 Å². The van der Waals surface area contributed by atoms with Gasteiger partial charge in [-0.25, -0.2) is 18.0 Å². The zero-order chi connectivity index (χ0) is 27.7. The van der Waals surface area contributed by atoms with Crippen LogP contribution in [0.5, 0.6) is 11.5 Å². The molecule has 3 aromatic carbocycles. The van der Waals surface area contributed by atoms with Gasteiger partial charge in [0, 0.05) is 44.1 Å². The summed E-state index contributed by atoms with van der Waals surface area (Å²) in [6.45, 7) is 6.33. The molecule has 2 aliphatic rings. The topological polar surface area (TPSA) is 51.2 Å². The van der Waals surface area contributed by atoms with E-state index in [-0.39, 0.29) is 11.7 Å². The van der Waals surface area contributed by atoms with Gasteiger partial charge in [-0.05, 0) is 66.9 Å². The number of hydrogen-bond acceptors (Lipinski definition) is 5. The van der Waals surface area contributed by atoms with Crippen LogP contribution in [0.15, 0.2) is 48.5 Å². The van der Waals surface area contributed by atoms with Crippen LogP contribution in [0.2, 0.25) is 0 Å². The van der Waals surface area contributed by atoms with E-state index in [2.05, 4.69) is 4.90 Å². The van der Waals surface area contributed by atoms with Gasteiger partial charge in [-0.2, -0.15) is 0 Å². The molecular formula is C30H31F3N2O4. The highest BCUT2D eigenvalue weighted by molar-refractivity contribution is 5.90. The Morgan fingerprint density at radius 1 is 1.00 bits per heavy atom. The van der Waals surface area contributed by atoms with Gasteiger partial charge in [0.15, 0.2) is 17.5 Å². The van der Waals surface area contributed by atoms with E-state index in [4.69, 9.17) is 14.2 Å². The largest absolute Gasteiger partial charge is 0.497 e. The number of halogens is 3. The Hall–Kier alpha value is -3.72. The standard InChI is InChI=1S/C30H31F3N2O4/c1-4-38-26-15-20(24(14-19(26)2)23-8-9-25(31)28(33)27(23)32)17-34-12-10-30(11-13-34)18-35(29(36)39-30)21-6-5-7-22(16-21)37-3/h5-9,14-16H,4,10-13,17-18H2,1-3H3. The van der Waals surface area contributed by atoms with Crippen molar-refractivity contribution < 1.29 is 32.2 Å². The van der Waals surface area contributed by atoms with Crippen LogP contribution in [0.4, 0.5) is 23.7 Å². The third-order valence-electron chi connectivity index (χ3n) is 7.52. The fourth-order valence-electron chi connectivity index (χ4n) is 5.38. The van der Waals surface area contributed by atoms with Crippen LogP contribution in [0, 0.1) is 24.4 Å². The molecule has 0 aromatic heterocycles. The van der Waals surface area contributed by atoms with Crippen LogP contribution in [0.25, 0.3) is 11.1 Å². The van der Waals surface area contributed by atoms with E-state index < -0.39 is 23.1 Å². The molecule has 9 heteroatoms. The predicted molar refractivity (Wildman–Crippen MR) is 142 cm³/mol. The van der Waals surface area contributed by atoms with Crippen molar-refractivity contribution in [3.8, 4) is 22.6 Å². The van der Waals surface area contributed by atoms with Gasteiger partial charge in [-0.15, -0.1) is 0 Å². The minimum absolute atomic E-state index is 0.00202. The summed E-state index contributed by atoms with van der Waals surface area (Å²) in [5.41, 5.74) is 2.13. The van der Waals surface area contributed by atoms with Crippen LogP contribution in [0.1, 0.15) is 30.9 Å². The number of likely N-dealkylation sites (tertiary alicyclic amines) is 1. The predicted octanol–water partition coefficient (Wildman–Crippen LogP) is 6.48. The summed E-state index contributed by atoms with van der Waals surface area (Å²) in [7, 11) is 1.58. The monoisotopic (exact) mass is 540 g/mol. The molecule has 39 heavy (non-hydrogen) atoms. The average Bonchev–Trinajstić information content (AvgIpc) is 3.26. The summed E-state index contributed by atoms with van der Waals surface area (Å²) in [6.07, 6.45) is 0.865. The second-order valence-electron chi connectivity index (χ2n) is 10.0. The zero-order valence-electron chi connectivity index (χ0n) is 22.2. The van der Waals surface area contributed by atoms with E-state index >= 15 is 0 Å². The number of carbonyl (C=O) groups is 1. The lowest BCUT2D eigenvalue weighted by Crippen LogP contribution is -2.46. The van der Waals surface area contributed by atoms with Crippen LogP contribution in [-0.2, 0) is 11.3 Å². The molecule has 206 valence electrons. The fourth-order valence-corrected chi connectivity index (χ4v) is 5.38. The molecule has 0 N–H and O–H groups in total. The molecule has 2 fully saturated rings. The van der Waals surface area contributed by atoms with Crippen LogP contribution >= 0.6 is 0 Å². The van der Waals surface area contributed by atoms with E-state index in [0.717, 1.165) is 22.9 Å². The second kappa shape index (κ2) is 10.8. The number of aryl methyl sites for hydroxylation is 1. The van der Waals surface area contributed by atoms with Crippen LogP contribution in [-0.4, -0.2) is 49.9 Å². The van der Waals surface area contributed by atoms with Gasteiger partial charge in [-0.3, -0.25) is 9.80 Å². The Kier molecular flexibility index (Phi) is 7.44. The highest BCUT2D eigenvalue weighted by atomic mass is 19.2. The molecule has 2 heterocycles. The lowest BCUT2D eigenvalue weighted by Gasteiger charge is -2.37. The molecule has 1 spiro atoms. The SMILES string of the molecule is CCOc1cc(CN2CCC3(CC2)CN(c2cccc(OC)c2)C(=O)O3)c(-c2ccc(F)c(F)c2F)cc1C. The molecule has 0 unspecified atom stereocenters. The number of hydrogen-bond donors (Lipinski definition) is 0. The first-order valence-corrected chi connectivity index (χ1v) is 13.0. The number of amides is 1. The third-order valence-corrected chi connectivity index (χ3v) is 7.52. The zero-order valence-corrected chi connectivity index (χ0v) is 22.2. The molecule has 0 aliphatic carbocycles. The third kappa shape index (κ3) is 5.28. The highest BCUT2D eigenvalue weighted by Gasteiger charge is 2.47. The fraction of sp³-hybridized carbons (Fsp3) is 0.367. The van der Waals surface area contributed by atoms with E-state index in [1.54, 1.807) is 18.1 Å². The first kappa shape index (κ1) is 26.9. The molecule has 0 bridgehead atoms. The molecule has 0 atom stereocenters. The van der Waals surface area contributed by atoms with Crippen molar-refractivity contribution in [3.05, 3.63) is 77.1 Å². The van der Waals surface area contributed by atoms with E-state index in [1.165, 1.54) is 6.07 Å². The average molecular weight is 541 g/mol. The second-order valence-corrected chi connectivity index (χ2v) is 10.0. The number of methoxy groups -OCH3 is 1. The van der Waals surface area contributed by atoms with Crippen LogP contribution < -0.4 is 14.4 Å². The molecule has 3 aromatic rings. The first-order valence-electron chi connectivity index (χ1n) is 13.0. The number of anilines is 1. The van der Waals surface area contributed by atoms with Gasteiger partial charge in [0.05, 0.1) is 25.9 Å². The molecule has 0 saturated carbocycles. The van der Waals surface area contributed by atoms with Crippen molar-refractivity contribution in [1.82, 2.24) is 4.90 Å². The minimum atomic E-state index is -1.49. The highest BCUT2D eigenvalue weighted by Crippen LogP contribution is 2.39. The number of benzene rings is 3. The minimum Gasteiger partial charge on any atom is -0.497 e. The van der Waals surface area contributed by atoms with E-state index in [9.17, 15) is 18.0 Å². The maximum atomic E-state index is 14.8. The van der Waals surface area contributed by atoms with Crippen molar-refractivity contribution in [2.24, 2.45) is 0 Å². The molecule has 6 nitrogen and oxygen atoms in total. The number of nitrogens with zero attached hydrogens (tertiary/aromatic N) is 2. The summed E-state index contributed by atoms with van der Waals surface area (Å²) in [4.78, 5) is 16.6. The lowest BCUT2D eigenvalue weighted by molar-refractivity contribution is -0.000953. The maximum Gasteiger partial charge on any atom is 0.415 e. The summed E-state index contributed by atoms with van der Waals surface area (Å²) in [5.74, 6) is -2.61. The molecule has 5 rings (SSSR count). The number of rotatable bonds is 7. The Morgan fingerprint density at radius 2 is 1.77 bits per heavy atom. The van der Waals surface area contributed by atoms with Crippen molar-refractivity contribution in [2.45, 2.75) is 38.8 Å². The van der Waals surface area contributed by atoms with Gasteiger partial charge < -0.3 is 14.2 Å². The van der Waals surface area contributed by atoms with Crippen molar-refractivity contribution in [3.63, 3.8) is 0 Å². The Morgan fingerprint density at radius 3 is 2.49 bits per heavy atom. The summed E-state index contributed by atoms with van der Waals surface area (Å²) < 4.78 is 59.6. The van der Waals surface area contributed by atoms with E-state index in [1.807, 2.05) is 44.2 Å². The van der Waals surface area contributed by atoms with Gasteiger partial charge in [0.2, 0.25) is 0 Å². The maximum absolute atomic E-state index is 14.8. The molecule has 2 aliphatic heterocycles. The number of piperidine rings is 1. The van der Waals surface area contributed by atoms with Crippen molar-refractivity contribution in [1.29, 1.82) is 0 Å². The summed E-state index contributed by atoms with van der Waals surface area (Å²) in [5, 5.41) is 0. The Labute approximate surface area is 225 Å². The lowest BCUT2D eigenvalue weighted by atomic mass is 9.90. The normalized spacial score (nSPS) is 17.0. The van der Waals surface area contributed by atoms with Gasteiger partial charge in [-0.1, -0.05) is 6.07 Å². The molecule has 0 radical (unpaired) electrons. The quantitative estimate of drug-likeness (QED) is 0.321. The van der Waals surface area contributed by atoms with Gasteiger partial charge in [0.25, 0.3) is 0 Å². The van der Waals surface area contributed by atoms with E-state index in [0.29, 0.717) is 62.7 Å². The van der Waals surface area contributed by atoms with Gasteiger partial charge >= 0.3 is 6.09 Å². The number of carbonyl (C=O) groups excluding carboxylic acids is 1. The Bertz CT molecular complexity index is 1390. The Balaban J connectivity index is 1.35. The number of ether oxygens (including phenoxy) is 3. The summed E-state index contributed by atoms with van der Waals surface area (Å²) >= 11 is 0. The van der Waals surface area contributed by atoms with Crippen molar-refractivity contribution >= 4 is 11.8 Å². The molecular weight excluding hydrogens is 509 g/mol. The van der Waals surface area contributed by atoms with Gasteiger partial charge in [0.1, 0.15) is 17.1 Å². The smallest absolute Gasteiger partial charge is 0.415 e. The molecule has 1 amide bonds.